The van der Waals surface area contributed by atoms with Gasteiger partial charge in [0.15, 0.2) is 0 Å². The van der Waals surface area contributed by atoms with Gasteiger partial charge in [-0.25, -0.2) is 9.78 Å². The van der Waals surface area contributed by atoms with Gasteiger partial charge in [0.25, 0.3) is 5.91 Å². The van der Waals surface area contributed by atoms with Gasteiger partial charge in [-0.15, -0.1) is 0 Å². The maximum atomic E-state index is 12.0. The van der Waals surface area contributed by atoms with Crippen molar-refractivity contribution in [2.24, 2.45) is 0 Å². The molecule has 0 aliphatic carbocycles. The number of carbonyl (C=O) groups excluding carboxylic acids is 1. The van der Waals surface area contributed by atoms with E-state index in [0.29, 0.717) is 5.56 Å². The number of carboxylic acids is 1. The lowest BCUT2D eigenvalue weighted by atomic mass is 10.1. The van der Waals surface area contributed by atoms with Crippen LogP contribution in [0.2, 0.25) is 0 Å². The van der Waals surface area contributed by atoms with Crippen molar-refractivity contribution < 1.29 is 14.7 Å². The second-order valence-corrected chi connectivity index (χ2v) is 3.85. The number of nitrogens with zero attached hydrogens (tertiary/aromatic N) is 2. The van der Waals surface area contributed by atoms with Crippen LogP contribution < -0.4 is 5.32 Å². The lowest BCUT2D eigenvalue weighted by Crippen LogP contribution is -2.16. The Kier molecular flexibility index (Phi) is 3.72. The highest BCUT2D eigenvalue weighted by Crippen LogP contribution is 2.12. The van der Waals surface area contributed by atoms with Crippen LogP contribution in [0.25, 0.3) is 0 Å². The summed E-state index contributed by atoms with van der Waals surface area (Å²) in [5.41, 5.74) is 0.332. The molecule has 1 aromatic carbocycles. The van der Waals surface area contributed by atoms with Gasteiger partial charge in [-0.3, -0.25) is 4.79 Å². The van der Waals surface area contributed by atoms with Crippen LogP contribution in [0.4, 0.5) is 5.82 Å². The van der Waals surface area contributed by atoms with Gasteiger partial charge in [0.05, 0.1) is 16.7 Å². The van der Waals surface area contributed by atoms with E-state index >= 15 is 0 Å². The van der Waals surface area contributed by atoms with E-state index in [0.717, 1.165) is 0 Å². The zero-order chi connectivity index (χ0) is 14.5. The second-order valence-electron chi connectivity index (χ2n) is 3.85. The number of aromatic nitrogens is 1. The largest absolute Gasteiger partial charge is 0.478 e. The van der Waals surface area contributed by atoms with Crippen molar-refractivity contribution in [3.63, 3.8) is 0 Å². The molecule has 20 heavy (non-hydrogen) atoms. The zero-order valence-electron chi connectivity index (χ0n) is 10.2. The molecule has 2 aromatic rings. The number of aromatic carboxylic acids is 1. The van der Waals surface area contributed by atoms with Gasteiger partial charge in [-0.05, 0) is 24.3 Å². The van der Waals surface area contributed by atoms with Crippen LogP contribution in [0.3, 0.4) is 0 Å². The summed E-state index contributed by atoms with van der Waals surface area (Å²) in [4.78, 5) is 26.9. The van der Waals surface area contributed by atoms with Gasteiger partial charge in [0, 0.05) is 6.20 Å². The van der Waals surface area contributed by atoms with Crippen LogP contribution in [0, 0.1) is 11.3 Å². The summed E-state index contributed by atoms with van der Waals surface area (Å²) in [7, 11) is 0. The molecule has 0 spiro atoms. The molecule has 0 aliphatic heterocycles. The van der Waals surface area contributed by atoms with Gasteiger partial charge in [0.1, 0.15) is 11.9 Å². The lowest BCUT2D eigenvalue weighted by Gasteiger charge is -2.06. The van der Waals surface area contributed by atoms with Gasteiger partial charge >= 0.3 is 5.97 Å². The topological polar surface area (TPSA) is 103 Å². The van der Waals surface area contributed by atoms with Gasteiger partial charge in [-0.1, -0.05) is 12.1 Å². The fraction of sp³-hybridized carbons (Fsp3) is 0. The molecule has 0 unspecified atom stereocenters. The molecule has 6 nitrogen and oxygen atoms in total. The first-order chi connectivity index (χ1) is 9.61. The maximum Gasteiger partial charge on any atom is 0.336 e. The number of carboxylic acid groups (broad SMARTS) is 1. The first kappa shape index (κ1) is 13.2. The number of nitriles is 1. The number of carbonyl (C=O) groups is 2. The van der Waals surface area contributed by atoms with E-state index in [1.807, 2.05) is 6.07 Å². The Labute approximate surface area is 114 Å². The van der Waals surface area contributed by atoms with E-state index in [1.54, 1.807) is 12.1 Å². The predicted molar refractivity (Wildman–Crippen MR) is 70.3 cm³/mol. The summed E-state index contributed by atoms with van der Waals surface area (Å²) in [6, 6.07) is 10.8. The number of amides is 1. The van der Waals surface area contributed by atoms with Crippen molar-refractivity contribution in [3.8, 4) is 6.07 Å². The number of benzene rings is 1. The third-order valence-electron chi connectivity index (χ3n) is 2.54. The first-order valence-corrected chi connectivity index (χ1v) is 5.61. The van der Waals surface area contributed by atoms with Gasteiger partial charge < -0.3 is 10.4 Å². The Morgan fingerprint density at radius 2 is 1.85 bits per heavy atom. The maximum absolute atomic E-state index is 12.0. The standard InChI is InChI=1S/C14H9N3O3/c15-7-9-5-6-12(16-8-9)17-13(18)10-3-1-2-4-11(10)14(19)20/h1-6,8H,(H,19,20)(H,16,17,18). The minimum atomic E-state index is -1.18. The molecule has 98 valence electrons. The normalized spacial score (nSPS) is 9.55. The van der Waals surface area contributed by atoms with Crippen molar-refractivity contribution in [3.05, 3.63) is 59.3 Å². The Hall–Kier alpha value is -3.20. The van der Waals surface area contributed by atoms with E-state index in [2.05, 4.69) is 10.3 Å². The highest BCUT2D eigenvalue weighted by Gasteiger charge is 2.15. The zero-order valence-corrected chi connectivity index (χ0v) is 10.2. The molecule has 2 rings (SSSR count). The molecule has 0 saturated heterocycles. The number of pyridine rings is 1. The molecule has 0 saturated carbocycles. The van der Waals surface area contributed by atoms with Crippen molar-refractivity contribution >= 4 is 17.7 Å². The molecule has 0 fully saturated rings. The van der Waals surface area contributed by atoms with Crippen molar-refractivity contribution in [2.45, 2.75) is 0 Å². The number of rotatable bonds is 3. The van der Waals surface area contributed by atoms with E-state index in [-0.39, 0.29) is 16.9 Å². The van der Waals surface area contributed by atoms with E-state index in [1.165, 1.54) is 30.5 Å². The number of anilines is 1. The molecule has 1 amide bonds. The van der Waals surface area contributed by atoms with Crippen molar-refractivity contribution in [1.29, 1.82) is 5.26 Å². The van der Waals surface area contributed by atoms with Gasteiger partial charge in [-0.2, -0.15) is 5.26 Å². The fourth-order valence-corrected chi connectivity index (χ4v) is 1.59. The summed E-state index contributed by atoms with van der Waals surface area (Å²) in [6.45, 7) is 0. The molecule has 2 N–H and O–H groups in total. The Bertz CT molecular complexity index is 702. The predicted octanol–water partition coefficient (Wildman–Crippen LogP) is 1.90. The van der Waals surface area contributed by atoms with Crippen LogP contribution in [0.15, 0.2) is 42.6 Å². The molecule has 0 aliphatic rings. The third-order valence-corrected chi connectivity index (χ3v) is 2.54. The van der Waals surface area contributed by atoms with Crippen LogP contribution in [0.5, 0.6) is 0 Å². The fourth-order valence-electron chi connectivity index (χ4n) is 1.59. The average molecular weight is 267 g/mol. The van der Waals surface area contributed by atoms with Crippen LogP contribution in [-0.4, -0.2) is 22.0 Å². The quantitative estimate of drug-likeness (QED) is 0.884. The monoisotopic (exact) mass is 267 g/mol. The third kappa shape index (κ3) is 2.79. The van der Waals surface area contributed by atoms with Crippen molar-refractivity contribution in [1.82, 2.24) is 4.98 Å². The minimum Gasteiger partial charge on any atom is -0.478 e. The molecule has 0 atom stereocenters. The second kappa shape index (κ2) is 5.63. The van der Waals surface area contributed by atoms with Gasteiger partial charge in [0.2, 0.25) is 0 Å². The molecule has 0 radical (unpaired) electrons. The summed E-state index contributed by atoms with van der Waals surface area (Å²) in [6.07, 6.45) is 1.32. The molecule has 6 heteroatoms. The summed E-state index contributed by atoms with van der Waals surface area (Å²) in [5.74, 6) is -1.50. The van der Waals surface area contributed by atoms with Crippen LogP contribution in [-0.2, 0) is 0 Å². The van der Waals surface area contributed by atoms with Crippen LogP contribution in [0.1, 0.15) is 26.3 Å². The summed E-state index contributed by atoms with van der Waals surface area (Å²) in [5, 5.41) is 20.1. The number of nitrogens with one attached hydrogen (secondary N) is 1. The van der Waals surface area contributed by atoms with E-state index < -0.39 is 11.9 Å². The first-order valence-electron chi connectivity index (χ1n) is 5.61. The minimum absolute atomic E-state index is 0.0474. The van der Waals surface area contributed by atoms with E-state index in [9.17, 15) is 9.59 Å². The smallest absolute Gasteiger partial charge is 0.336 e. The lowest BCUT2D eigenvalue weighted by molar-refractivity contribution is 0.0692. The van der Waals surface area contributed by atoms with E-state index in [4.69, 9.17) is 10.4 Å². The molecule has 1 aromatic heterocycles. The van der Waals surface area contributed by atoms with Crippen LogP contribution >= 0.6 is 0 Å². The Morgan fingerprint density at radius 1 is 1.15 bits per heavy atom. The highest BCUT2D eigenvalue weighted by molar-refractivity contribution is 6.10. The molecule has 1 heterocycles. The Morgan fingerprint density at radius 3 is 2.40 bits per heavy atom. The number of hydrogen-bond donors (Lipinski definition) is 2. The molecular formula is C14H9N3O3. The van der Waals surface area contributed by atoms with Crippen molar-refractivity contribution in [2.75, 3.05) is 5.32 Å². The average Bonchev–Trinajstić information content (AvgIpc) is 2.48. The summed E-state index contributed by atoms with van der Waals surface area (Å²) >= 11 is 0. The SMILES string of the molecule is N#Cc1ccc(NC(=O)c2ccccc2C(=O)O)nc1. The highest BCUT2D eigenvalue weighted by atomic mass is 16.4. The summed E-state index contributed by atoms with van der Waals surface area (Å²) < 4.78 is 0. The molecule has 0 bridgehead atoms. The molecular weight excluding hydrogens is 258 g/mol. The number of hydrogen-bond acceptors (Lipinski definition) is 4. The Balaban J connectivity index is 2.24.